The Kier molecular flexibility index (Phi) is 5.66. The zero-order valence-corrected chi connectivity index (χ0v) is 11.1. The highest BCUT2D eigenvalue weighted by Crippen LogP contribution is 2.19. The Labute approximate surface area is 110 Å². The maximum Gasteiger partial charge on any atom is 0.309 e. The fourth-order valence-corrected chi connectivity index (χ4v) is 2.47. The van der Waals surface area contributed by atoms with Crippen molar-refractivity contribution < 1.29 is 13.9 Å². The summed E-state index contributed by atoms with van der Waals surface area (Å²) in [6.45, 7) is 1.79. The van der Waals surface area contributed by atoms with E-state index in [1.54, 1.807) is 13.0 Å². The summed E-state index contributed by atoms with van der Waals surface area (Å²) in [5, 5.41) is 8.88. The van der Waals surface area contributed by atoms with Crippen molar-refractivity contribution in [3.05, 3.63) is 35.1 Å². The molecular weight excluding hydrogens is 253 g/mol. The Hall–Kier alpha value is -1.54. The number of carbonyl (C=O) groups is 1. The topological polar surface area (TPSA) is 50.1 Å². The number of carbonyl (C=O) groups excluding carboxylic acids is 1. The van der Waals surface area contributed by atoms with E-state index in [1.807, 2.05) is 6.07 Å². The van der Waals surface area contributed by atoms with Gasteiger partial charge in [-0.05, 0) is 17.7 Å². The van der Waals surface area contributed by atoms with E-state index in [0.717, 1.165) is 5.56 Å². The van der Waals surface area contributed by atoms with Gasteiger partial charge in [0, 0.05) is 11.5 Å². The number of hydrogen-bond acceptors (Lipinski definition) is 4. The first-order valence-corrected chi connectivity index (χ1v) is 6.58. The van der Waals surface area contributed by atoms with Crippen molar-refractivity contribution in [1.82, 2.24) is 0 Å². The van der Waals surface area contributed by atoms with E-state index < -0.39 is 5.82 Å². The zero-order chi connectivity index (χ0) is 13.5. The minimum absolute atomic E-state index is 0.189. The van der Waals surface area contributed by atoms with E-state index in [1.165, 1.54) is 31.0 Å². The van der Waals surface area contributed by atoms with Crippen LogP contribution in [-0.2, 0) is 15.3 Å². The van der Waals surface area contributed by atoms with Crippen molar-refractivity contribution in [2.24, 2.45) is 5.92 Å². The second kappa shape index (κ2) is 7.02. The fourth-order valence-electron chi connectivity index (χ4n) is 1.39. The summed E-state index contributed by atoms with van der Waals surface area (Å²) in [7, 11) is 1.36. The van der Waals surface area contributed by atoms with Crippen LogP contribution in [0.25, 0.3) is 0 Å². The second-order valence-electron chi connectivity index (χ2n) is 3.85. The van der Waals surface area contributed by atoms with E-state index in [9.17, 15) is 9.18 Å². The van der Waals surface area contributed by atoms with Crippen molar-refractivity contribution in [2.45, 2.75) is 12.7 Å². The van der Waals surface area contributed by atoms with Gasteiger partial charge in [0.05, 0.1) is 24.7 Å². The van der Waals surface area contributed by atoms with Gasteiger partial charge in [-0.25, -0.2) is 4.39 Å². The third-order valence-corrected chi connectivity index (χ3v) is 3.67. The van der Waals surface area contributed by atoms with Crippen molar-refractivity contribution in [3.8, 4) is 6.07 Å². The third kappa shape index (κ3) is 4.04. The van der Waals surface area contributed by atoms with Crippen LogP contribution in [0.15, 0.2) is 18.2 Å². The van der Waals surface area contributed by atoms with Gasteiger partial charge in [-0.15, -0.1) is 0 Å². The van der Waals surface area contributed by atoms with Gasteiger partial charge in [0.2, 0.25) is 0 Å². The van der Waals surface area contributed by atoms with E-state index in [2.05, 4.69) is 4.74 Å². The molecule has 3 nitrogen and oxygen atoms in total. The Bertz CT molecular complexity index is 471. The van der Waals surface area contributed by atoms with Crippen LogP contribution in [0, 0.1) is 23.1 Å². The lowest BCUT2D eigenvalue weighted by Crippen LogP contribution is -2.14. The maximum absolute atomic E-state index is 12.9. The average Bonchev–Trinajstić information content (AvgIpc) is 2.39. The van der Waals surface area contributed by atoms with Crippen LogP contribution >= 0.6 is 11.8 Å². The van der Waals surface area contributed by atoms with Gasteiger partial charge in [-0.3, -0.25) is 4.79 Å². The number of nitriles is 1. The minimum Gasteiger partial charge on any atom is -0.469 e. The van der Waals surface area contributed by atoms with Crippen LogP contribution < -0.4 is 0 Å². The summed E-state index contributed by atoms with van der Waals surface area (Å²) in [6, 6.07) is 6.12. The molecule has 0 aromatic heterocycles. The number of ether oxygens (including phenoxy) is 1. The zero-order valence-electron chi connectivity index (χ0n) is 10.3. The van der Waals surface area contributed by atoms with Crippen molar-refractivity contribution in [2.75, 3.05) is 12.9 Å². The molecule has 5 heteroatoms. The number of nitrogens with zero attached hydrogens (tertiary/aromatic N) is 1. The van der Waals surface area contributed by atoms with E-state index >= 15 is 0 Å². The molecule has 0 aliphatic carbocycles. The molecule has 0 bridgehead atoms. The van der Waals surface area contributed by atoms with Gasteiger partial charge < -0.3 is 4.74 Å². The Balaban J connectivity index is 2.54. The SMILES string of the molecule is COC(=O)C(C)CSCc1ccc(F)cc1C#N. The molecule has 0 amide bonds. The number of methoxy groups -OCH3 is 1. The van der Waals surface area contributed by atoms with Gasteiger partial charge in [0.25, 0.3) is 0 Å². The van der Waals surface area contributed by atoms with Crippen LogP contribution in [0.4, 0.5) is 4.39 Å². The predicted octanol–water partition coefficient (Wildman–Crippen LogP) is 2.74. The Morgan fingerprint density at radius 1 is 1.61 bits per heavy atom. The number of thioether (sulfide) groups is 1. The van der Waals surface area contributed by atoms with Gasteiger partial charge >= 0.3 is 5.97 Å². The molecule has 1 atom stereocenters. The number of esters is 1. The molecule has 1 rings (SSSR count). The number of benzene rings is 1. The fraction of sp³-hybridized carbons (Fsp3) is 0.385. The normalized spacial score (nSPS) is 11.7. The van der Waals surface area contributed by atoms with Crippen LogP contribution in [-0.4, -0.2) is 18.8 Å². The first-order chi connectivity index (χ1) is 8.58. The molecule has 0 fully saturated rings. The molecule has 18 heavy (non-hydrogen) atoms. The number of hydrogen-bond donors (Lipinski definition) is 0. The summed E-state index contributed by atoms with van der Waals surface area (Å²) in [4.78, 5) is 11.2. The lowest BCUT2D eigenvalue weighted by molar-refractivity contribution is -0.143. The van der Waals surface area contributed by atoms with Crippen LogP contribution in [0.2, 0.25) is 0 Å². The molecule has 0 saturated heterocycles. The van der Waals surface area contributed by atoms with Gasteiger partial charge in [-0.1, -0.05) is 13.0 Å². The van der Waals surface area contributed by atoms with Crippen molar-refractivity contribution in [1.29, 1.82) is 5.26 Å². The molecule has 0 heterocycles. The molecule has 96 valence electrons. The number of halogens is 1. The molecule has 0 aliphatic rings. The summed E-state index contributed by atoms with van der Waals surface area (Å²) < 4.78 is 17.5. The molecule has 1 unspecified atom stereocenters. The Morgan fingerprint density at radius 2 is 2.33 bits per heavy atom. The van der Waals surface area contributed by atoms with Crippen LogP contribution in [0.5, 0.6) is 0 Å². The number of rotatable bonds is 5. The summed E-state index contributed by atoms with van der Waals surface area (Å²) in [6.07, 6.45) is 0. The highest BCUT2D eigenvalue weighted by atomic mass is 32.2. The largest absolute Gasteiger partial charge is 0.469 e. The third-order valence-electron chi connectivity index (χ3n) is 2.42. The maximum atomic E-state index is 12.9. The molecule has 0 aliphatic heterocycles. The first kappa shape index (κ1) is 14.5. The molecular formula is C13H14FNO2S. The van der Waals surface area contributed by atoms with Crippen LogP contribution in [0.3, 0.4) is 0 Å². The summed E-state index contributed by atoms with van der Waals surface area (Å²) >= 11 is 1.52. The second-order valence-corrected chi connectivity index (χ2v) is 4.88. The predicted molar refractivity (Wildman–Crippen MR) is 68.5 cm³/mol. The molecule has 0 saturated carbocycles. The summed E-state index contributed by atoms with van der Waals surface area (Å²) in [5.41, 5.74) is 1.12. The summed E-state index contributed by atoms with van der Waals surface area (Å²) in [5.74, 6) is 0.329. The van der Waals surface area contributed by atoms with E-state index in [0.29, 0.717) is 17.1 Å². The van der Waals surface area contributed by atoms with E-state index in [-0.39, 0.29) is 11.9 Å². The standard InChI is InChI=1S/C13H14FNO2S/c1-9(13(16)17-2)7-18-8-10-3-4-12(14)5-11(10)6-15/h3-5,9H,7-8H2,1-2H3. The van der Waals surface area contributed by atoms with Gasteiger partial charge in [0.15, 0.2) is 0 Å². The van der Waals surface area contributed by atoms with Crippen molar-refractivity contribution in [3.63, 3.8) is 0 Å². The molecule has 1 aromatic rings. The highest BCUT2D eigenvalue weighted by molar-refractivity contribution is 7.98. The highest BCUT2D eigenvalue weighted by Gasteiger charge is 2.13. The minimum atomic E-state index is -0.414. The Morgan fingerprint density at radius 3 is 2.94 bits per heavy atom. The first-order valence-electron chi connectivity index (χ1n) is 5.42. The molecule has 0 radical (unpaired) electrons. The quantitative estimate of drug-likeness (QED) is 0.770. The molecule has 1 aromatic carbocycles. The van der Waals surface area contributed by atoms with Gasteiger partial charge in [-0.2, -0.15) is 17.0 Å². The van der Waals surface area contributed by atoms with E-state index in [4.69, 9.17) is 5.26 Å². The lowest BCUT2D eigenvalue weighted by Gasteiger charge is -2.09. The average molecular weight is 267 g/mol. The van der Waals surface area contributed by atoms with Crippen molar-refractivity contribution >= 4 is 17.7 Å². The lowest BCUT2D eigenvalue weighted by atomic mass is 10.1. The van der Waals surface area contributed by atoms with Crippen LogP contribution in [0.1, 0.15) is 18.1 Å². The van der Waals surface area contributed by atoms with Gasteiger partial charge in [0.1, 0.15) is 5.82 Å². The molecule has 0 N–H and O–H groups in total. The smallest absolute Gasteiger partial charge is 0.309 e. The monoisotopic (exact) mass is 267 g/mol. The molecule has 0 spiro atoms.